The Labute approximate surface area is 122 Å². The van der Waals surface area contributed by atoms with Crippen LogP contribution in [0.4, 0.5) is 5.69 Å². The molecule has 1 unspecified atom stereocenters. The first-order valence-electron chi connectivity index (χ1n) is 6.84. The number of halogens is 1. The Balaban J connectivity index is 2.89. The third kappa shape index (κ3) is 4.68. The second kappa shape index (κ2) is 7.73. The first-order valence-corrected chi connectivity index (χ1v) is 7.21. The minimum Gasteiger partial charge on any atom is -0.368 e. The van der Waals surface area contributed by atoms with Crippen LogP contribution >= 0.6 is 11.6 Å². The first kappa shape index (κ1) is 16.3. The van der Waals surface area contributed by atoms with E-state index in [2.05, 4.69) is 61.3 Å². The van der Waals surface area contributed by atoms with E-state index in [0.29, 0.717) is 6.04 Å². The molecular formula is C15H26ClN3. The standard InChI is InChI=1S/C15H26ClN3/c1-6-19(12(2)11-18(4)5)14-8-7-13(10-17-3)15(16)9-14/h7-9,12,17H,6,10-11H2,1-5H3. The Kier molecular flexibility index (Phi) is 6.63. The van der Waals surface area contributed by atoms with Crippen LogP contribution in [-0.2, 0) is 6.54 Å². The molecule has 0 heterocycles. The number of hydrogen-bond acceptors (Lipinski definition) is 3. The Bertz CT molecular complexity index is 393. The molecule has 1 N–H and O–H groups in total. The molecule has 0 aliphatic heterocycles. The molecule has 0 aromatic heterocycles. The van der Waals surface area contributed by atoms with E-state index in [9.17, 15) is 0 Å². The highest BCUT2D eigenvalue weighted by atomic mass is 35.5. The summed E-state index contributed by atoms with van der Waals surface area (Å²) in [6.45, 7) is 7.25. The molecule has 0 fully saturated rings. The van der Waals surface area contributed by atoms with Crippen molar-refractivity contribution in [2.24, 2.45) is 0 Å². The van der Waals surface area contributed by atoms with Crippen LogP contribution in [0.5, 0.6) is 0 Å². The van der Waals surface area contributed by atoms with Gasteiger partial charge in [0.2, 0.25) is 0 Å². The van der Waals surface area contributed by atoms with Crippen molar-refractivity contribution in [3.05, 3.63) is 28.8 Å². The summed E-state index contributed by atoms with van der Waals surface area (Å²) in [5.74, 6) is 0. The van der Waals surface area contributed by atoms with Gasteiger partial charge in [0.25, 0.3) is 0 Å². The zero-order chi connectivity index (χ0) is 14.4. The maximum Gasteiger partial charge on any atom is 0.0471 e. The maximum absolute atomic E-state index is 6.34. The Morgan fingerprint density at radius 1 is 1.32 bits per heavy atom. The highest BCUT2D eigenvalue weighted by Crippen LogP contribution is 2.25. The minimum atomic E-state index is 0.464. The van der Waals surface area contributed by atoms with Crippen molar-refractivity contribution >= 4 is 17.3 Å². The van der Waals surface area contributed by atoms with Gasteiger partial charge < -0.3 is 15.1 Å². The van der Waals surface area contributed by atoms with Crippen molar-refractivity contribution in [1.82, 2.24) is 10.2 Å². The fourth-order valence-electron chi connectivity index (χ4n) is 2.42. The molecule has 0 saturated carbocycles. The van der Waals surface area contributed by atoms with Gasteiger partial charge in [-0.05, 0) is 52.7 Å². The van der Waals surface area contributed by atoms with Gasteiger partial charge >= 0.3 is 0 Å². The lowest BCUT2D eigenvalue weighted by atomic mass is 10.1. The Morgan fingerprint density at radius 3 is 2.47 bits per heavy atom. The maximum atomic E-state index is 6.34. The quantitative estimate of drug-likeness (QED) is 0.830. The fraction of sp³-hybridized carbons (Fsp3) is 0.600. The van der Waals surface area contributed by atoms with Crippen LogP contribution in [0.2, 0.25) is 5.02 Å². The summed E-state index contributed by atoms with van der Waals surface area (Å²) in [6.07, 6.45) is 0. The van der Waals surface area contributed by atoms with E-state index in [0.717, 1.165) is 30.2 Å². The number of rotatable bonds is 7. The molecule has 1 aromatic rings. The van der Waals surface area contributed by atoms with Gasteiger partial charge in [-0.2, -0.15) is 0 Å². The summed E-state index contributed by atoms with van der Waals surface area (Å²) in [6, 6.07) is 6.81. The molecular weight excluding hydrogens is 258 g/mol. The SMILES string of the molecule is CCN(c1ccc(CNC)c(Cl)c1)C(C)CN(C)C. The molecule has 108 valence electrons. The molecule has 0 bridgehead atoms. The monoisotopic (exact) mass is 283 g/mol. The van der Waals surface area contributed by atoms with Crippen molar-refractivity contribution in [3.63, 3.8) is 0 Å². The van der Waals surface area contributed by atoms with Crippen LogP contribution in [0.1, 0.15) is 19.4 Å². The van der Waals surface area contributed by atoms with Gasteiger partial charge in [-0.3, -0.25) is 0 Å². The lowest BCUT2D eigenvalue weighted by Crippen LogP contribution is -2.40. The molecule has 0 amide bonds. The molecule has 3 nitrogen and oxygen atoms in total. The zero-order valence-electron chi connectivity index (χ0n) is 12.7. The molecule has 4 heteroatoms. The second-order valence-corrected chi connectivity index (χ2v) is 5.61. The highest BCUT2D eigenvalue weighted by molar-refractivity contribution is 6.31. The topological polar surface area (TPSA) is 18.5 Å². The van der Waals surface area contributed by atoms with Crippen molar-refractivity contribution in [3.8, 4) is 0 Å². The molecule has 1 rings (SSSR count). The third-order valence-electron chi connectivity index (χ3n) is 3.24. The van der Waals surface area contributed by atoms with Gasteiger partial charge in [-0.25, -0.2) is 0 Å². The van der Waals surface area contributed by atoms with Gasteiger partial charge in [-0.1, -0.05) is 17.7 Å². The average molecular weight is 284 g/mol. The van der Waals surface area contributed by atoms with Crippen LogP contribution in [0, 0.1) is 0 Å². The van der Waals surface area contributed by atoms with E-state index in [1.165, 1.54) is 5.69 Å². The Hall–Kier alpha value is -0.770. The molecule has 0 saturated heterocycles. The van der Waals surface area contributed by atoms with E-state index >= 15 is 0 Å². The smallest absolute Gasteiger partial charge is 0.0471 e. The summed E-state index contributed by atoms with van der Waals surface area (Å²) in [7, 11) is 6.14. The van der Waals surface area contributed by atoms with Crippen molar-refractivity contribution < 1.29 is 0 Å². The first-order chi connectivity index (χ1) is 8.99. The molecule has 0 spiro atoms. The van der Waals surface area contributed by atoms with Gasteiger partial charge in [0.05, 0.1) is 0 Å². The van der Waals surface area contributed by atoms with Gasteiger partial charge in [-0.15, -0.1) is 0 Å². The number of anilines is 1. The normalized spacial score (nSPS) is 12.8. The van der Waals surface area contributed by atoms with Crippen molar-refractivity contribution in [2.45, 2.75) is 26.4 Å². The average Bonchev–Trinajstić information content (AvgIpc) is 2.32. The van der Waals surface area contributed by atoms with Gasteiger partial charge in [0.1, 0.15) is 0 Å². The number of nitrogens with one attached hydrogen (secondary N) is 1. The summed E-state index contributed by atoms with van der Waals surface area (Å²) in [5.41, 5.74) is 2.34. The van der Waals surface area contributed by atoms with Crippen LogP contribution in [0.3, 0.4) is 0 Å². The van der Waals surface area contributed by atoms with E-state index in [1.807, 2.05) is 7.05 Å². The molecule has 19 heavy (non-hydrogen) atoms. The molecule has 0 aliphatic rings. The zero-order valence-corrected chi connectivity index (χ0v) is 13.5. The largest absolute Gasteiger partial charge is 0.368 e. The number of nitrogens with zero attached hydrogens (tertiary/aromatic N) is 2. The predicted molar refractivity (Wildman–Crippen MR) is 85.3 cm³/mol. The van der Waals surface area contributed by atoms with Crippen LogP contribution in [0.25, 0.3) is 0 Å². The van der Waals surface area contributed by atoms with Crippen LogP contribution < -0.4 is 10.2 Å². The summed E-state index contributed by atoms with van der Waals surface area (Å²) in [5, 5.41) is 3.97. The summed E-state index contributed by atoms with van der Waals surface area (Å²) < 4.78 is 0. The summed E-state index contributed by atoms with van der Waals surface area (Å²) >= 11 is 6.34. The Morgan fingerprint density at radius 2 is 2.00 bits per heavy atom. The van der Waals surface area contributed by atoms with E-state index in [-0.39, 0.29) is 0 Å². The lowest BCUT2D eigenvalue weighted by molar-refractivity contribution is 0.373. The van der Waals surface area contributed by atoms with Crippen molar-refractivity contribution in [1.29, 1.82) is 0 Å². The summed E-state index contributed by atoms with van der Waals surface area (Å²) in [4.78, 5) is 4.60. The molecule has 0 aliphatic carbocycles. The van der Waals surface area contributed by atoms with Gasteiger partial charge in [0.15, 0.2) is 0 Å². The number of likely N-dealkylation sites (N-methyl/N-ethyl adjacent to an activating group) is 2. The predicted octanol–water partition coefficient (Wildman–Crippen LogP) is 2.84. The van der Waals surface area contributed by atoms with Crippen molar-refractivity contribution in [2.75, 3.05) is 39.1 Å². The number of benzene rings is 1. The van der Waals surface area contributed by atoms with E-state index in [1.54, 1.807) is 0 Å². The van der Waals surface area contributed by atoms with Crippen LogP contribution in [0.15, 0.2) is 18.2 Å². The second-order valence-electron chi connectivity index (χ2n) is 5.20. The lowest BCUT2D eigenvalue weighted by Gasteiger charge is -2.32. The van der Waals surface area contributed by atoms with Gasteiger partial charge in [0, 0.05) is 36.4 Å². The highest BCUT2D eigenvalue weighted by Gasteiger charge is 2.14. The minimum absolute atomic E-state index is 0.464. The van der Waals surface area contributed by atoms with E-state index < -0.39 is 0 Å². The molecule has 0 radical (unpaired) electrons. The molecule has 1 atom stereocenters. The third-order valence-corrected chi connectivity index (χ3v) is 3.59. The van der Waals surface area contributed by atoms with Crippen LogP contribution in [-0.4, -0.2) is 45.2 Å². The number of hydrogen-bond donors (Lipinski definition) is 1. The van der Waals surface area contributed by atoms with E-state index in [4.69, 9.17) is 11.6 Å². The fourth-order valence-corrected chi connectivity index (χ4v) is 2.67. The molecule has 1 aromatic carbocycles.